The van der Waals surface area contributed by atoms with E-state index in [-0.39, 0.29) is 47.2 Å². The summed E-state index contributed by atoms with van der Waals surface area (Å²) >= 11 is 0. The molecule has 3 aliphatic rings. The third-order valence-electron chi connectivity index (χ3n) is 5.68. The normalized spacial score (nSPS) is 35.0. The molecule has 3 N–H and O–H groups in total. The van der Waals surface area contributed by atoms with Crippen molar-refractivity contribution in [1.29, 1.82) is 0 Å². The van der Waals surface area contributed by atoms with Gasteiger partial charge >= 0.3 is 0 Å². The number of nitrogens with zero attached hydrogens (tertiary/aromatic N) is 1. The Labute approximate surface area is 168 Å². The van der Waals surface area contributed by atoms with Crippen molar-refractivity contribution < 1.29 is 13.5 Å². The molecular weight excluding hydrogens is 453 g/mol. The minimum Gasteiger partial charge on any atom is -0.392 e. The van der Waals surface area contributed by atoms with Crippen LogP contribution in [0, 0.1) is 11.3 Å². The summed E-state index contributed by atoms with van der Waals surface area (Å²) in [5.41, 5.74) is -0.146. The molecule has 3 atom stereocenters. The summed E-state index contributed by atoms with van der Waals surface area (Å²) in [6, 6.07) is 0.493. The molecular formula is C17H32IN3O3S. The Kier molecular flexibility index (Phi) is 7.41. The second-order valence-corrected chi connectivity index (χ2v) is 10.4. The number of rotatable bonds is 5. The van der Waals surface area contributed by atoms with E-state index in [1.165, 1.54) is 12.8 Å². The minimum absolute atomic E-state index is 0. The summed E-state index contributed by atoms with van der Waals surface area (Å²) in [5.74, 6) is 1.55. The highest BCUT2D eigenvalue weighted by molar-refractivity contribution is 14.0. The van der Waals surface area contributed by atoms with Crippen LogP contribution in [0.1, 0.15) is 51.9 Å². The summed E-state index contributed by atoms with van der Waals surface area (Å²) < 4.78 is 23.2. The first-order valence-corrected chi connectivity index (χ1v) is 11.1. The maximum Gasteiger partial charge on any atom is 0.191 e. The van der Waals surface area contributed by atoms with Crippen molar-refractivity contribution in [3.05, 3.63) is 0 Å². The second-order valence-electron chi connectivity index (χ2n) is 8.15. The molecule has 6 nitrogen and oxygen atoms in total. The SMILES string of the molecule is CC1(CN=C(NCC2CCS(=O)(=O)C2)NC2CC2)CCCCC1O.I. The summed E-state index contributed by atoms with van der Waals surface area (Å²) in [5, 5.41) is 17.1. The number of halogens is 1. The van der Waals surface area contributed by atoms with Crippen molar-refractivity contribution in [2.24, 2.45) is 16.3 Å². The highest BCUT2D eigenvalue weighted by Crippen LogP contribution is 2.36. The lowest BCUT2D eigenvalue weighted by Crippen LogP contribution is -2.43. The largest absolute Gasteiger partial charge is 0.392 e. The average Bonchev–Trinajstić information content (AvgIpc) is 3.28. The Morgan fingerprint density at radius 3 is 2.60 bits per heavy atom. The number of aliphatic imine (C=N–C) groups is 1. The fourth-order valence-corrected chi connectivity index (χ4v) is 5.54. The summed E-state index contributed by atoms with van der Waals surface area (Å²) in [6.45, 7) is 3.38. The molecule has 0 bridgehead atoms. The van der Waals surface area contributed by atoms with Gasteiger partial charge in [0.05, 0.1) is 24.2 Å². The van der Waals surface area contributed by atoms with Gasteiger partial charge in [0.15, 0.2) is 15.8 Å². The zero-order valence-electron chi connectivity index (χ0n) is 15.0. The molecule has 25 heavy (non-hydrogen) atoms. The zero-order valence-corrected chi connectivity index (χ0v) is 18.2. The number of guanidine groups is 1. The highest BCUT2D eigenvalue weighted by atomic mass is 127. The monoisotopic (exact) mass is 485 g/mol. The van der Waals surface area contributed by atoms with E-state index in [4.69, 9.17) is 4.99 Å². The molecule has 2 saturated carbocycles. The van der Waals surface area contributed by atoms with Crippen LogP contribution in [-0.4, -0.2) is 56.2 Å². The summed E-state index contributed by atoms with van der Waals surface area (Å²) in [7, 11) is -2.83. The first kappa shape index (κ1) is 21.2. The van der Waals surface area contributed by atoms with Crippen molar-refractivity contribution in [1.82, 2.24) is 10.6 Å². The van der Waals surface area contributed by atoms with Gasteiger partial charge < -0.3 is 15.7 Å². The van der Waals surface area contributed by atoms with Gasteiger partial charge in [0, 0.05) is 18.0 Å². The van der Waals surface area contributed by atoms with Crippen molar-refractivity contribution in [3.8, 4) is 0 Å². The van der Waals surface area contributed by atoms with E-state index < -0.39 is 9.84 Å². The Morgan fingerprint density at radius 2 is 2.00 bits per heavy atom. The van der Waals surface area contributed by atoms with Crippen LogP contribution in [-0.2, 0) is 9.84 Å². The minimum atomic E-state index is -2.83. The smallest absolute Gasteiger partial charge is 0.191 e. The van der Waals surface area contributed by atoms with Crippen LogP contribution in [0.4, 0.5) is 0 Å². The quantitative estimate of drug-likeness (QED) is 0.313. The lowest BCUT2D eigenvalue weighted by atomic mass is 9.73. The Balaban J connectivity index is 0.00000225. The van der Waals surface area contributed by atoms with E-state index in [1.807, 2.05) is 0 Å². The summed E-state index contributed by atoms with van der Waals surface area (Å²) in [6.07, 6.45) is 6.92. The summed E-state index contributed by atoms with van der Waals surface area (Å²) in [4.78, 5) is 4.73. The van der Waals surface area contributed by atoms with Crippen molar-refractivity contribution in [2.75, 3.05) is 24.6 Å². The van der Waals surface area contributed by atoms with Gasteiger partial charge in [-0.25, -0.2) is 8.42 Å². The van der Waals surface area contributed by atoms with E-state index in [0.29, 0.717) is 24.9 Å². The number of aliphatic hydroxyl groups is 1. The van der Waals surface area contributed by atoms with Gasteiger partial charge in [-0.05, 0) is 38.0 Å². The topological polar surface area (TPSA) is 90.8 Å². The molecule has 3 rings (SSSR count). The van der Waals surface area contributed by atoms with Gasteiger partial charge in [-0.1, -0.05) is 19.8 Å². The molecule has 0 amide bonds. The fraction of sp³-hybridized carbons (Fsp3) is 0.941. The predicted octanol–water partition coefficient (Wildman–Crippen LogP) is 1.68. The molecule has 0 aromatic carbocycles. The average molecular weight is 485 g/mol. The zero-order chi connectivity index (χ0) is 17.2. The number of hydrogen-bond acceptors (Lipinski definition) is 4. The van der Waals surface area contributed by atoms with Gasteiger partial charge in [0.1, 0.15) is 0 Å². The van der Waals surface area contributed by atoms with Crippen LogP contribution >= 0.6 is 24.0 Å². The lowest BCUT2D eigenvalue weighted by Gasteiger charge is -2.37. The fourth-order valence-electron chi connectivity index (χ4n) is 3.67. The van der Waals surface area contributed by atoms with E-state index >= 15 is 0 Å². The van der Waals surface area contributed by atoms with Crippen LogP contribution in [0.5, 0.6) is 0 Å². The molecule has 0 spiro atoms. The Morgan fingerprint density at radius 1 is 1.24 bits per heavy atom. The highest BCUT2D eigenvalue weighted by Gasteiger charge is 2.35. The first-order chi connectivity index (χ1) is 11.4. The van der Waals surface area contributed by atoms with Gasteiger partial charge in [-0.15, -0.1) is 24.0 Å². The van der Waals surface area contributed by atoms with Crippen molar-refractivity contribution in [3.63, 3.8) is 0 Å². The molecule has 8 heteroatoms. The molecule has 146 valence electrons. The molecule has 0 aromatic rings. The van der Waals surface area contributed by atoms with Gasteiger partial charge in [0.2, 0.25) is 0 Å². The number of sulfone groups is 1. The van der Waals surface area contributed by atoms with Crippen LogP contribution in [0.2, 0.25) is 0 Å². The first-order valence-electron chi connectivity index (χ1n) is 9.30. The van der Waals surface area contributed by atoms with Gasteiger partial charge in [-0.3, -0.25) is 4.99 Å². The van der Waals surface area contributed by atoms with Crippen molar-refractivity contribution in [2.45, 2.75) is 64.0 Å². The number of nitrogens with one attached hydrogen (secondary N) is 2. The second kappa shape index (κ2) is 8.73. The van der Waals surface area contributed by atoms with E-state index in [0.717, 1.165) is 38.1 Å². The molecule has 2 aliphatic carbocycles. The van der Waals surface area contributed by atoms with Crippen LogP contribution < -0.4 is 10.6 Å². The maximum absolute atomic E-state index is 11.6. The Hall–Kier alpha value is -0.0900. The molecule has 0 aromatic heterocycles. The van der Waals surface area contributed by atoms with Gasteiger partial charge in [-0.2, -0.15) is 0 Å². The van der Waals surface area contributed by atoms with E-state index in [9.17, 15) is 13.5 Å². The van der Waals surface area contributed by atoms with Crippen LogP contribution in [0.25, 0.3) is 0 Å². The number of hydrogen-bond donors (Lipinski definition) is 3. The third kappa shape index (κ3) is 6.23. The third-order valence-corrected chi connectivity index (χ3v) is 7.52. The standard InChI is InChI=1S/C17H31N3O3S.HI/c1-17(8-3-2-4-15(17)21)12-19-16(20-14-5-6-14)18-10-13-7-9-24(22,23)11-13;/h13-15,21H,2-12H2,1H3,(H2,18,19,20);1H. The van der Waals surface area contributed by atoms with Crippen molar-refractivity contribution >= 4 is 39.8 Å². The molecule has 0 radical (unpaired) electrons. The molecule has 1 saturated heterocycles. The lowest BCUT2D eigenvalue weighted by molar-refractivity contribution is 0.00716. The van der Waals surface area contributed by atoms with Gasteiger partial charge in [0.25, 0.3) is 0 Å². The number of aliphatic hydroxyl groups excluding tert-OH is 1. The molecule has 3 fully saturated rings. The van der Waals surface area contributed by atoms with Crippen LogP contribution in [0.15, 0.2) is 4.99 Å². The molecule has 1 heterocycles. The Bertz CT molecular complexity index is 580. The van der Waals surface area contributed by atoms with E-state index in [1.54, 1.807) is 0 Å². The predicted molar refractivity (Wildman–Crippen MR) is 111 cm³/mol. The maximum atomic E-state index is 11.6. The molecule has 3 unspecified atom stereocenters. The molecule has 1 aliphatic heterocycles. The van der Waals surface area contributed by atoms with Crippen LogP contribution in [0.3, 0.4) is 0 Å². The van der Waals surface area contributed by atoms with E-state index in [2.05, 4.69) is 17.6 Å².